The zero-order valence-electron chi connectivity index (χ0n) is 17.1. The highest BCUT2D eigenvalue weighted by Gasteiger charge is 2.27. The predicted molar refractivity (Wildman–Crippen MR) is 113 cm³/mol. The number of aryl methyl sites for hydroxylation is 2. The van der Waals surface area contributed by atoms with Crippen molar-refractivity contribution in [3.05, 3.63) is 60.6 Å². The Balaban J connectivity index is 1.42. The van der Waals surface area contributed by atoms with Gasteiger partial charge < -0.3 is 9.47 Å². The van der Waals surface area contributed by atoms with Gasteiger partial charge in [0.15, 0.2) is 0 Å². The summed E-state index contributed by atoms with van der Waals surface area (Å²) in [6.45, 7) is 1.43. The topological polar surface area (TPSA) is 81.7 Å². The van der Waals surface area contributed by atoms with Crippen LogP contribution in [0.5, 0.6) is 0 Å². The highest BCUT2D eigenvalue weighted by Crippen LogP contribution is 2.33. The van der Waals surface area contributed by atoms with Gasteiger partial charge in [-0.2, -0.15) is 5.10 Å². The van der Waals surface area contributed by atoms with E-state index in [1.165, 1.54) is 0 Å². The van der Waals surface area contributed by atoms with Crippen LogP contribution < -0.4 is 0 Å². The van der Waals surface area contributed by atoms with Crippen molar-refractivity contribution >= 4 is 16.9 Å². The molecule has 0 unspecified atom stereocenters. The van der Waals surface area contributed by atoms with Crippen molar-refractivity contribution in [2.45, 2.75) is 18.8 Å². The summed E-state index contributed by atoms with van der Waals surface area (Å²) in [7, 11) is 3.90. The number of nitrogens with zero attached hydrogens (tertiary/aromatic N) is 7. The minimum Gasteiger partial charge on any atom is -0.339 e. The summed E-state index contributed by atoms with van der Waals surface area (Å²) in [5, 5.41) is 4.30. The van der Waals surface area contributed by atoms with Gasteiger partial charge in [0.25, 0.3) is 5.91 Å². The van der Waals surface area contributed by atoms with Gasteiger partial charge in [-0.25, -0.2) is 9.97 Å². The molecule has 4 aromatic heterocycles. The maximum Gasteiger partial charge on any atom is 0.255 e. The van der Waals surface area contributed by atoms with Gasteiger partial charge in [-0.3, -0.25) is 14.5 Å². The number of fused-ring (bicyclic) bond motifs is 1. The van der Waals surface area contributed by atoms with E-state index in [0.717, 1.165) is 40.8 Å². The second-order valence-corrected chi connectivity index (χ2v) is 7.83. The molecule has 8 heteroatoms. The molecule has 30 heavy (non-hydrogen) atoms. The second kappa shape index (κ2) is 7.37. The smallest absolute Gasteiger partial charge is 0.255 e. The predicted octanol–water partition coefficient (Wildman–Crippen LogP) is 2.78. The standard InChI is InChI=1S/C22H23N7O/c1-27-14-24-21-19(27)10-18(26-20(21)17-12-25-28(2)13-17)15-5-8-29(9-6-15)22(30)16-4-3-7-23-11-16/h3-4,7,10-15H,5-6,8-9H2,1-2H3. The number of carbonyl (C=O) groups excluding carboxylic acids is 1. The van der Waals surface area contributed by atoms with Crippen LogP contribution in [0.1, 0.15) is 34.8 Å². The zero-order valence-corrected chi connectivity index (χ0v) is 17.1. The molecule has 1 aliphatic rings. The Morgan fingerprint density at radius 2 is 2.00 bits per heavy atom. The number of hydrogen-bond donors (Lipinski definition) is 0. The molecule has 1 amide bonds. The van der Waals surface area contributed by atoms with Gasteiger partial charge in [-0.1, -0.05) is 0 Å². The monoisotopic (exact) mass is 401 g/mol. The molecule has 0 atom stereocenters. The van der Waals surface area contributed by atoms with Gasteiger partial charge in [0.05, 0.1) is 23.6 Å². The number of carbonyl (C=O) groups is 1. The van der Waals surface area contributed by atoms with Gasteiger partial charge in [0, 0.05) is 63.0 Å². The SMILES string of the molecule is Cn1cc(-c2nc(C3CCN(C(=O)c4cccnc4)CC3)cc3c2ncn3C)cn1. The number of pyridine rings is 2. The highest BCUT2D eigenvalue weighted by molar-refractivity contribution is 5.94. The number of piperidine rings is 1. The van der Waals surface area contributed by atoms with Gasteiger partial charge in [-0.15, -0.1) is 0 Å². The average Bonchev–Trinajstić information content (AvgIpc) is 3.39. The van der Waals surface area contributed by atoms with Crippen LogP contribution in [0.4, 0.5) is 0 Å². The molecule has 1 fully saturated rings. The van der Waals surface area contributed by atoms with E-state index in [0.29, 0.717) is 24.6 Å². The van der Waals surface area contributed by atoms with Gasteiger partial charge in [-0.05, 0) is 31.0 Å². The fourth-order valence-corrected chi connectivity index (χ4v) is 4.15. The van der Waals surface area contributed by atoms with Crippen LogP contribution in [0.25, 0.3) is 22.3 Å². The molecule has 0 radical (unpaired) electrons. The maximum absolute atomic E-state index is 12.7. The third-order valence-corrected chi connectivity index (χ3v) is 5.82. The first kappa shape index (κ1) is 18.5. The molecule has 8 nitrogen and oxygen atoms in total. The lowest BCUT2D eigenvalue weighted by atomic mass is 9.92. The fourth-order valence-electron chi connectivity index (χ4n) is 4.15. The van der Waals surface area contributed by atoms with Crippen molar-refractivity contribution in [2.24, 2.45) is 14.1 Å². The maximum atomic E-state index is 12.7. The van der Waals surface area contributed by atoms with Crippen LogP contribution in [0.3, 0.4) is 0 Å². The molecule has 1 saturated heterocycles. The molecule has 0 saturated carbocycles. The van der Waals surface area contributed by atoms with Crippen LogP contribution in [0, 0.1) is 0 Å². The summed E-state index contributed by atoms with van der Waals surface area (Å²) >= 11 is 0. The highest BCUT2D eigenvalue weighted by atomic mass is 16.2. The molecular formula is C22H23N7O. The molecule has 5 heterocycles. The van der Waals surface area contributed by atoms with E-state index in [9.17, 15) is 4.79 Å². The van der Waals surface area contributed by atoms with E-state index in [-0.39, 0.29) is 5.91 Å². The molecule has 0 aliphatic carbocycles. The second-order valence-electron chi connectivity index (χ2n) is 7.83. The lowest BCUT2D eigenvalue weighted by molar-refractivity contribution is 0.0711. The lowest BCUT2D eigenvalue weighted by Crippen LogP contribution is -2.38. The average molecular weight is 401 g/mol. The molecule has 152 valence electrons. The number of rotatable bonds is 3. The minimum atomic E-state index is 0.0487. The molecule has 5 rings (SSSR count). The van der Waals surface area contributed by atoms with Crippen LogP contribution in [0.15, 0.2) is 49.3 Å². The van der Waals surface area contributed by atoms with E-state index in [4.69, 9.17) is 4.98 Å². The summed E-state index contributed by atoms with van der Waals surface area (Å²) < 4.78 is 3.81. The number of likely N-dealkylation sites (tertiary alicyclic amines) is 1. The summed E-state index contributed by atoms with van der Waals surface area (Å²) in [5.74, 6) is 0.352. The Labute approximate surface area is 174 Å². The van der Waals surface area contributed by atoms with Gasteiger partial charge in [0.2, 0.25) is 0 Å². The van der Waals surface area contributed by atoms with Gasteiger partial charge in [0.1, 0.15) is 11.2 Å². The van der Waals surface area contributed by atoms with E-state index in [1.807, 2.05) is 48.3 Å². The van der Waals surface area contributed by atoms with Crippen LogP contribution in [-0.2, 0) is 14.1 Å². The van der Waals surface area contributed by atoms with E-state index in [1.54, 1.807) is 23.1 Å². The molecule has 1 aliphatic heterocycles. The fraction of sp³-hybridized carbons (Fsp3) is 0.318. The van der Waals surface area contributed by atoms with E-state index < -0.39 is 0 Å². The lowest BCUT2D eigenvalue weighted by Gasteiger charge is -2.32. The summed E-state index contributed by atoms with van der Waals surface area (Å²) in [5.41, 5.74) is 5.48. The summed E-state index contributed by atoms with van der Waals surface area (Å²) in [6, 6.07) is 5.76. The van der Waals surface area contributed by atoms with Crippen LogP contribution >= 0.6 is 0 Å². The van der Waals surface area contributed by atoms with E-state index in [2.05, 4.69) is 21.1 Å². The van der Waals surface area contributed by atoms with Crippen molar-refractivity contribution in [3.8, 4) is 11.3 Å². The third-order valence-electron chi connectivity index (χ3n) is 5.82. The van der Waals surface area contributed by atoms with Crippen LogP contribution in [0.2, 0.25) is 0 Å². The number of aromatic nitrogens is 6. The van der Waals surface area contributed by atoms with Gasteiger partial charge >= 0.3 is 0 Å². The zero-order chi connectivity index (χ0) is 20.7. The Morgan fingerprint density at radius 3 is 2.70 bits per heavy atom. The number of imidazole rings is 1. The van der Waals surface area contributed by atoms with E-state index >= 15 is 0 Å². The summed E-state index contributed by atoms with van der Waals surface area (Å²) in [6.07, 6.45) is 10.7. The number of amides is 1. The molecule has 0 spiro atoms. The summed E-state index contributed by atoms with van der Waals surface area (Å²) in [4.78, 5) is 28.3. The quantitative estimate of drug-likeness (QED) is 0.527. The van der Waals surface area contributed by atoms with Crippen LogP contribution in [-0.4, -0.2) is 53.2 Å². The molecular weight excluding hydrogens is 378 g/mol. The number of hydrogen-bond acceptors (Lipinski definition) is 5. The Bertz CT molecular complexity index is 1200. The first-order valence-corrected chi connectivity index (χ1v) is 10.1. The Hall–Kier alpha value is -3.55. The molecule has 0 bridgehead atoms. The van der Waals surface area contributed by atoms with Crippen molar-refractivity contribution in [1.82, 2.24) is 34.2 Å². The molecule has 0 N–H and O–H groups in total. The van der Waals surface area contributed by atoms with Crippen molar-refractivity contribution in [3.63, 3.8) is 0 Å². The first-order valence-electron chi connectivity index (χ1n) is 10.1. The third kappa shape index (κ3) is 3.24. The minimum absolute atomic E-state index is 0.0487. The first-order chi connectivity index (χ1) is 14.6. The largest absolute Gasteiger partial charge is 0.339 e. The Kier molecular flexibility index (Phi) is 4.54. The molecule has 4 aromatic rings. The van der Waals surface area contributed by atoms with Crippen molar-refractivity contribution in [1.29, 1.82) is 0 Å². The van der Waals surface area contributed by atoms with Crippen molar-refractivity contribution in [2.75, 3.05) is 13.1 Å². The Morgan fingerprint density at radius 1 is 1.17 bits per heavy atom. The molecule has 0 aromatic carbocycles. The van der Waals surface area contributed by atoms with Crippen molar-refractivity contribution < 1.29 is 4.79 Å². The normalized spacial score (nSPS) is 15.1.